The zero-order chi connectivity index (χ0) is 23.5. The molecule has 0 spiro atoms. The first-order valence-corrected chi connectivity index (χ1v) is 12.0. The first-order valence-electron chi connectivity index (χ1n) is 11.1. The van der Waals surface area contributed by atoms with E-state index in [9.17, 15) is 14.9 Å². The highest BCUT2D eigenvalue weighted by Gasteiger charge is 2.33. The van der Waals surface area contributed by atoms with Crippen LogP contribution in [0.5, 0.6) is 0 Å². The first-order chi connectivity index (χ1) is 15.9. The molecule has 172 valence electrons. The molecule has 0 aliphatic carbocycles. The molecule has 2 heterocycles. The number of carbonyl (C=O) groups is 1. The monoisotopic (exact) mass is 465 g/mol. The van der Waals surface area contributed by atoms with E-state index in [1.807, 2.05) is 46.7 Å². The van der Waals surface area contributed by atoms with Crippen LogP contribution in [0.4, 0.5) is 5.69 Å². The zero-order valence-corrected chi connectivity index (χ0v) is 19.7. The molecule has 1 aromatic heterocycles. The third kappa shape index (κ3) is 4.78. The van der Waals surface area contributed by atoms with Gasteiger partial charge in [-0.25, -0.2) is 0 Å². The van der Waals surface area contributed by atoms with Crippen molar-refractivity contribution in [3.63, 3.8) is 0 Å². The molecule has 3 aromatic rings. The van der Waals surface area contributed by atoms with Crippen LogP contribution in [0, 0.1) is 10.1 Å². The van der Waals surface area contributed by atoms with Gasteiger partial charge in [-0.3, -0.25) is 19.5 Å². The van der Waals surface area contributed by atoms with Gasteiger partial charge in [-0.05, 0) is 64.3 Å². The smallest absolute Gasteiger partial charge is 0.269 e. The molecule has 9 heteroatoms. The largest absolute Gasteiger partial charge is 0.336 e. The molecular formula is C24H27N5O3S. The summed E-state index contributed by atoms with van der Waals surface area (Å²) in [6, 6.07) is 16.4. The zero-order valence-electron chi connectivity index (χ0n) is 18.9. The third-order valence-electron chi connectivity index (χ3n) is 6.06. The average molecular weight is 466 g/mol. The highest BCUT2D eigenvalue weighted by molar-refractivity contribution is 8.00. The summed E-state index contributed by atoms with van der Waals surface area (Å²) >= 11 is 1.38. The number of piperidine rings is 1. The van der Waals surface area contributed by atoms with Crippen LogP contribution < -0.4 is 0 Å². The van der Waals surface area contributed by atoms with Crippen LogP contribution in [0.3, 0.4) is 0 Å². The number of amides is 1. The van der Waals surface area contributed by atoms with E-state index >= 15 is 0 Å². The Morgan fingerprint density at radius 2 is 1.70 bits per heavy atom. The van der Waals surface area contributed by atoms with Crippen LogP contribution in [0.2, 0.25) is 0 Å². The van der Waals surface area contributed by atoms with E-state index in [1.165, 1.54) is 23.9 Å². The van der Waals surface area contributed by atoms with Crippen LogP contribution in [0.15, 0.2) is 59.8 Å². The van der Waals surface area contributed by atoms with Crippen LogP contribution in [-0.2, 0) is 4.79 Å². The summed E-state index contributed by atoms with van der Waals surface area (Å²) < 4.78 is 1.90. The van der Waals surface area contributed by atoms with Crippen molar-refractivity contribution in [3.05, 3.63) is 64.7 Å². The summed E-state index contributed by atoms with van der Waals surface area (Å²) in [7, 11) is 0. The molecule has 33 heavy (non-hydrogen) atoms. The lowest BCUT2D eigenvalue weighted by Crippen LogP contribution is -2.50. The summed E-state index contributed by atoms with van der Waals surface area (Å²) in [5.41, 5.74) is 1.59. The molecule has 1 saturated heterocycles. The van der Waals surface area contributed by atoms with Gasteiger partial charge < -0.3 is 4.90 Å². The number of para-hydroxylation sites is 1. The maximum Gasteiger partial charge on any atom is 0.269 e. The van der Waals surface area contributed by atoms with Gasteiger partial charge in [0.05, 0.1) is 10.2 Å². The van der Waals surface area contributed by atoms with E-state index in [0.717, 1.165) is 24.9 Å². The van der Waals surface area contributed by atoms with Crippen LogP contribution >= 0.6 is 11.8 Å². The number of rotatable bonds is 6. The minimum Gasteiger partial charge on any atom is -0.336 e. The second-order valence-electron chi connectivity index (χ2n) is 8.42. The van der Waals surface area contributed by atoms with Crippen molar-refractivity contribution in [2.75, 3.05) is 0 Å². The van der Waals surface area contributed by atoms with Crippen molar-refractivity contribution in [1.29, 1.82) is 0 Å². The van der Waals surface area contributed by atoms with Gasteiger partial charge in [0.1, 0.15) is 0 Å². The highest BCUT2D eigenvalue weighted by atomic mass is 32.2. The Kier molecular flexibility index (Phi) is 6.78. The summed E-state index contributed by atoms with van der Waals surface area (Å²) in [5, 5.41) is 20.1. The normalized spacial score (nSPS) is 19.3. The maximum atomic E-state index is 13.3. The number of likely N-dealkylation sites (tertiary alicyclic amines) is 1. The lowest BCUT2D eigenvalue weighted by atomic mass is 9.97. The molecule has 1 aliphatic heterocycles. The van der Waals surface area contributed by atoms with Gasteiger partial charge in [-0.15, -0.1) is 10.2 Å². The fraction of sp³-hybridized carbons (Fsp3) is 0.375. The molecule has 4 rings (SSSR count). The predicted octanol–water partition coefficient (Wildman–Crippen LogP) is 5.11. The Bertz CT molecular complexity index is 1120. The van der Waals surface area contributed by atoms with Gasteiger partial charge in [-0.1, -0.05) is 30.0 Å². The summed E-state index contributed by atoms with van der Waals surface area (Å²) in [4.78, 5) is 26.0. The number of hydrogen-bond acceptors (Lipinski definition) is 6. The molecule has 3 atom stereocenters. The van der Waals surface area contributed by atoms with Gasteiger partial charge >= 0.3 is 0 Å². The fourth-order valence-corrected chi connectivity index (χ4v) is 5.27. The number of nitro benzene ring substituents is 1. The number of nitrogens with zero attached hydrogens (tertiary/aromatic N) is 5. The summed E-state index contributed by atoms with van der Waals surface area (Å²) in [6.07, 6.45) is 3.20. The quantitative estimate of drug-likeness (QED) is 0.285. The van der Waals surface area contributed by atoms with E-state index in [1.54, 1.807) is 12.1 Å². The number of benzene rings is 2. The van der Waals surface area contributed by atoms with Gasteiger partial charge in [-0.2, -0.15) is 0 Å². The van der Waals surface area contributed by atoms with E-state index in [-0.39, 0.29) is 28.9 Å². The molecule has 1 aliphatic rings. The molecule has 0 N–H and O–H groups in total. The van der Waals surface area contributed by atoms with E-state index in [2.05, 4.69) is 24.0 Å². The van der Waals surface area contributed by atoms with Crippen molar-refractivity contribution in [3.8, 4) is 17.1 Å². The maximum absolute atomic E-state index is 13.3. The Morgan fingerprint density at radius 1 is 1.06 bits per heavy atom. The average Bonchev–Trinajstić information content (AvgIpc) is 3.22. The number of hydrogen-bond donors (Lipinski definition) is 0. The van der Waals surface area contributed by atoms with Crippen LogP contribution in [0.25, 0.3) is 17.1 Å². The molecular weight excluding hydrogens is 438 g/mol. The molecule has 8 nitrogen and oxygen atoms in total. The Hall–Kier alpha value is -3.20. The molecule has 1 amide bonds. The molecule has 0 saturated carbocycles. The standard InChI is InChI=1S/C24H27N5O3S/c1-16-8-7-9-17(2)27(16)23(30)18(3)33-24-26-25-22(28(24)20-10-5-4-6-11-20)19-12-14-21(15-13-19)29(31)32/h4-6,10-18H,7-9H2,1-3H3/t16-,17+,18-/m0/s1. The number of thioether (sulfide) groups is 1. The van der Waals surface area contributed by atoms with Gasteiger partial charge in [0.2, 0.25) is 5.91 Å². The number of nitro groups is 1. The highest BCUT2D eigenvalue weighted by Crippen LogP contribution is 2.33. The van der Waals surface area contributed by atoms with Gasteiger partial charge in [0.15, 0.2) is 11.0 Å². The number of non-ortho nitro benzene ring substituents is 1. The number of carbonyl (C=O) groups excluding carboxylic acids is 1. The second kappa shape index (κ2) is 9.74. The predicted molar refractivity (Wildman–Crippen MR) is 128 cm³/mol. The van der Waals surface area contributed by atoms with E-state index < -0.39 is 4.92 Å². The molecule has 1 fully saturated rings. The summed E-state index contributed by atoms with van der Waals surface area (Å²) in [6.45, 7) is 6.14. The Morgan fingerprint density at radius 3 is 2.30 bits per heavy atom. The van der Waals surface area contributed by atoms with Crippen LogP contribution in [-0.4, -0.2) is 47.8 Å². The van der Waals surface area contributed by atoms with Crippen molar-refractivity contribution in [1.82, 2.24) is 19.7 Å². The minimum absolute atomic E-state index is 0.0168. The molecule has 2 aromatic carbocycles. The van der Waals surface area contributed by atoms with Crippen LogP contribution in [0.1, 0.15) is 40.0 Å². The third-order valence-corrected chi connectivity index (χ3v) is 7.09. The second-order valence-corrected chi connectivity index (χ2v) is 9.72. The minimum atomic E-state index is -0.428. The van der Waals surface area contributed by atoms with Crippen molar-refractivity contribution in [2.24, 2.45) is 0 Å². The number of aromatic nitrogens is 3. The van der Waals surface area contributed by atoms with Gasteiger partial charge in [0, 0.05) is 35.5 Å². The lowest BCUT2D eigenvalue weighted by Gasteiger charge is -2.40. The van der Waals surface area contributed by atoms with E-state index in [0.29, 0.717) is 16.5 Å². The Balaban J connectivity index is 1.67. The lowest BCUT2D eigenvalue weighted by molar-refractivity contribution is -0.384. The molecule has 0 bridgehead atoms. The summed E-state index contributed by atoms with van der Waals surface area (Å²) in [5.74, 6) is 0.678. The molecule has 0 unspecified atom stereocenters. The van der Waals surface area contributed by atoms with Gasteiger partial charge in [0.25, 0.3) is 5.69 Å². The molecule has 0 radical (unpaired) electrons. The topological polar surface area (TPSA) is 94.2 Å². The van der Waals surface area contributed by atoms with Crippen molar-refractivity contribution in [2.45, 2.75) is 62.5 Å². The van der Waals surface area contributed by atoms with Crippen molar-refractivity contribution < 1.29 is 9.72 Å². The Labute approximate surface area is 197 Å². The fourth-order valence-electron chi connectivity index (χ4n) is 4.35. The van der Waals surface area contributed by atoms with E-state index in [4.69, 9.17) is 0 Å². The first kappa shape index (κ1) is 23.0. The SMILES string of the molecule is C[C@H](Sc1nnc(-c2ccc([N+](=O)[O-])cc2)n1-c1ccccc1)C(=O)N1[C@H](C)CCC[C@@H]1C. The van der Waals surface area contributed by atoms with Crippen molar-refractivity contribution >= 4 is 23.4 Å².